The second-order valence-electron chi connectivity index (χ2n) is 5.21. The van der Waals surface area contributed by atoms with E-state index in [1.54, 1.807) is 13.8 Å². The van der Waals surface area contributed by atoms with E-state index < -0.39 is 26.3 Å². The lowest BCUT2D eigenvalue weighted by Crippen LogP contribution is -2.49. The number of hydrogen-bond acceptors (Lipinski definition) is 4. The molecule has 0 heterocycles. The molecule has 4 N–H and O–H groups in total. The van der Waals surface area contributed by atoms with Crippen LogP contribution in [0.25, 0.3) is 0 Å². The Morgan fingerprint density at radius 1 is 1.33 bits per heavy atom. The Kier molecular flexibility index (Phi) is 5.82. The molecule has 0 spiro atoms. The van der Waals surface area contributed by atoms with Crippen LogP contribution >= 0.6 is 0 Å². The summed E-state index contributed by atoms with van der Waals surface area (Å²) >= 11 is 0. The number of hydrogen-bond donors (Lipinski definition) is 3. The minimum absolute atomic E-state index is 0.0584. The largest absolute Gasteiger partial charge is 0.350 e. The number of halogens is 1. The molecule has 1 aromatic rings. The highest BCUT2D eigenvalue weighted by Crippen LogP contribution is 2.12. The molecule has 6 nitrogen and oxygen atoms in total. The van der Waals surface area contributed by atoms with Gasteiger partial charge in [0.25, 0.3) is 0 Å². The third kappa shape index (κ3) is 5.41. The van der Waals surface area contributed by atoms with Gasteiger partial charge in [-0.15, -0.1) is 0 Å². The van der Waals surface area contributed by atoms with Crippen molar-refractivity contribution in [3.63, 3.8) is 0 Å². The highest BCUT2D eigenvalue weighted by molar-refractivity contribution is 7.89. The molecule has 21 heavy (non-hydrogen) atoms. The zero-order valence-corrected chi connectivity index (χ0v) is 12.8. The zero-order chi connectivity index (χ0) is 16.1. The van der Waals surface area contributed by atoms with Gasteiger partial charge in [0, 0.05) is 25.0 Å². The Balaban J connectivity index is 2.56. The first-order valence-corrected chi connectivity index (χ1v) is 7.91. The third-order valence-electron chi connectivity index (χ3n) is 2.76. The van der Waals surface area contributed by atoms with Gasteiger partial charge < -0.3 is 11.1 Å². The summed E-state index contributed by atoms with van der Waals surface area (Å²) in [5, 5.41) is 2.67. The molecule has 0 aliphatic heterocycles. The lowest BCUT2D eigenvalue weighted by molar-refractivity contribution is -0.122. The first-order chi connectivity index (χ1) is 9.68. The number of nitrogens with one attached hydrogen (secondary N) is 2. The minimum Gasteiger partial charge on any atom is -0.350 e. The number of rotatable bonds is 7. The summed E-state index contributed by atoms with van der Waals surface area (Å²) in [4.78, 5) is 11.2. The fourth-order valence-corrected chi connectivity index (χ4v) is 2.64. The predicted molar refractivity (Wildman–Crippen MR) is 77.5 cm³/mol. The first kappa shape index (κ1) is 17.5. The molecule has 0 aliphatic carbocycles. The van der Waals surface area contributed by atoms with E-state index >= 15 is 0 Å². The van der Waals surface area contributed by atoms with E-state index in [1.807, 2.05) is 0 Å². The van der Waals surface area contributed by atoms with Crippen molar-refractivity contribution in [3.05, 3.63) is 30.1 Å². The van der Waals surface area contributed by atoms with Gasteiger partial charge >= 0.3 is 0 Å². The number of carbonyl (C=O) groups excluding carboxylic acids is 1. The summed E-state index contributed by atoms with van der Waals surface area (Å²) in [5.74, 6) is -1.17. The molecule has 0 atom stereocenters. The summed E-state index contributed by atoms with van der Waals surface area (Å²) < 4.78 is 39.4. The van der Waals surface area contributed by atoms with Crippen LogP contribution in [0.5, 0.6) is 0 Å². The van der Waals surface area contributed by atoms with Gasteiger partial charge in [-0.1, -0.05) is 12.1 Å². The van der Waals surface area contributed by atoms with Gasteiger partial charge in [0.2, 0.25) is 15.9 Å². The van der Waals surface area contributed by atoms with Crippen molar-refractivity contribution in [2.24, 2.45) is 5.73 Å². The summed E-state index contributed by atoms with van der Waals surface area (Å²) in [6.07, 6.45) is -0.0584. The standard InChI is InChI=1S/C13H20FN3O3S/c1-13(2,9-15)17-12(18)7-8-16-21(19,20)11-6-4-3-5-10(11)14/h3-6,16H,7-9,15H2,1-2H3,(H,17,18). The van der Waals surface area contributed by atoms with E-state index in [2.05, 4.69) is 10.0 Å². The molecule has 1 aromatic carbocycles. The molecule has 0 radical (unpaired) electrons. The summed E-state index contributed by atoms with van der Waals surface area (Å²) in [6.45, 7) is 3.66. The maximum absolute atomic E-state index is 13.4. The van der Waals surface area contributed by atoms with Crippen LogP contribution in [-0.2, 0) is 14.8 Å². The molecule has 1 amide bonds. The van der Waals surface area contributed by atoms with E-state index in [4.69, 9.17) is 5.73 Å². The lowest BCUT2D eigenvalue weighted by atomic mass is 10.1. The molecule has 0 aromatic heterocycles. The van der Waals surface area contributed by atoms with E-state index in [0.29, 0.717) is 0 Å². The fourth-order valence-electron chi connectivity index (χ4n) is 1.53. The number of sulfonamides is 1. The normalized spacial score (nSPS) is 12.2. The average Bonchev–Trinajstić information content (AvgIpc) is 2.38. The van der Waals surface area contributed by atoms with Crippen LogP contribution in [0.1, 0.15) is 20.3 Å². The van der Waals surface area contributed by atoms with Gasteiger partial charge in [0.05, 0.1) is 0 Å². The number of benzene rings is 1. The van der Waals surface area contributed by atoms with E-state index in [0.717, 1.165) is 12.1 Å². The molecule has 0 aliphatic rings. The Bertz CT molecular complexity index is 602. The zero-order valence-electron chi connectivity index (χ0n) is 12.0. The van der Waals surface area contributed by atoms with Crippen LogP contribution < -0.4 is 15.8 Å². The van der Waals surface area contributed by atoms with Gasteiger partial charge in [0.15, 0.2) is 0 Å². The van der Waals surface area contributed by atoms with Crippen LogP contribution in [0.15, 0.2) is 29.2 Å². The number of carbonyl (C=O) groups is 1. The van der Waals surface area contributed by atoms with Gasteiger partial charge in [-0.05, 0) is 26.0 Å². The molecule has 118 valence electrons. The highest BCUT2D eigenvalue weighted by Gasteiger charge is 2.20. The minimum atomic E-state index is -3.97. The van der Waals surface area contributed by atoms with Crippen LogP contribution in [-0.4, -0.2) is 33.0 Å². The monoisotopic (exact) mass is 317 g/mol. The molecule has 0 saturated heterocycles. The Hall–Kier alpha value is -1.51. The molecule has 0 unspecified atom stereocenters. The SMILES string of the molecule is CC(C)(CN)NC(=O)CCNS(=O)(=O)c1ccccc1F. The fraction of sp³-hybridized carbons (Fsp3) is 0.462. The Labute approximate surface area is 124 Å². The van der Waals surface area contributed by atoms with Crippen molar-refractivity contribution in [3.8, 4) is 0 Å². The van der Waals surface area contributed by atoms with Crippen molar-refractivity contribution in [1.29, 1.82) is 0 Å². The summed E-state index contributed by atoms with van der Waals surface area (Å²) in [6, 6.07) is 5.05. The molecule has 0 saturated carbocycles. The topological polar surface area (TPSA) is 101 Å². The van der Waals surface area contributed by atoms with Crippen LogP contribution in [0.4, 0.5) is 4.39 Å². The van der Waals surface area contributed by atoms with Crippen molar-refractivity contribution in [2.45, 2.75) is 30.7 Å². The van der Waals surface area contributed by atoms with Gasteiger partial charge in [0.1, 0.15) is 10.7 Å². The van der Waals surface area contributed by atoms with E-state index in [9.17, 15) is 17.6 Å². The number of nitrogens with two attached hydrogens (primary N) is 1. The van der Waals surface area contributed by atoms with Crippen LogP contribution in [0, 0.1) is 5.82 Å². The Morgan fingerprint density at radius 3 is 2.52 bits per heavy atom. The van der Waals surface area contributed by atoms with Crippen molar-refractivity contribution in [2.75, 3.05) is 13.1 Å². The maximum atomic E-state index is 13.4. The predicted octanol–water partition coefficient (Wildman–Crippen LogP) is 0.348. The molecule has 1 rings (SSSR count). The summed E-state index contributed by atoms with van der Waals surface area (Å²) in [7, 11) is -3.97. The van der Waals surface area contributed by atoms with E-state index in [-0.39, 0.29) is 25.4 Å². The molecule has 0 bridgehead atoms. The lowest BCUT2D eigenvalue weighted by Gasteiger charge is -2.24. The second kappa shape index (κ2) is 6.97. The van der Waals surface area contributed by atoms with Crippen molar-refractivity contribution < 1.29 is 17.6 Å². The van der Waals surface area contributed by atoms with Crippen LogP contribution in [0.3, 0.4) is 0 Å². The highest BCUT2D eigenvalue weighted by atomic mass is 32.2. The van der Waals surface area contributed by atoms with E-state index in [1.165, 1.54) is 12.1 Å². The maximum Gasteiger partial charge on any atom is 0.243 e. The van der Waals surface area contributed by atoms with Crippen molar-refractivity contribution >= 4 is 15.9 Å². The Morgan fingerprint density at radius 2 is 1.95 bits per heavy atom. The molecular weight excluding hydrogens is 297 g/mol. The molecule has 8 heteroatoms. The van der Waals surface area contributed by atoms with Crippen molar-refractivity contribution in [1.82, 2.24) is 10.0 Å². The first-order valence-electron chi connectivity index (χ1n) is 6.43. The third-order valence-corrected chi connectivity index (χ3v) is 4.25. The number of amides is 1. The van der Waals surface area contributed by atoms with Gasteiger partial charge in [-0.25, -0.2) is 17.5 Å². The molecule has 0 fully saturated rings. The van der Waals surface area contributed by atoms with Gasteiger partial charge in [-0.2, -0.15) is 0 Å². The quantitative estimate of drug-likeness (QED) is 0.675. The smallest absolute Gasteiger partial charge is 0.243 e. The van der Waals surface area contributed by atoms with Crippen LogP contribution in [0.2, 0.25) is 0 Å². The summed E-state index contributed by atoms with van der Waals surface area (Å²) in [5.41, 5.74) is 4.92. The average molecular weight is 317 g/mol. The van der Waals surface area contributed by atoms with Gasteiger partial charge in [-0.3, -0.25) is 4.79 Å². The second-order valence-corrected chi connectivity index (χ2v) is 6.95. The molecular formula is C13H20FN3O3S.